The SMILES string of the molecule is CC(C)c1cc(Cl)nc(-c2ccc3c(c2)CCCN3C)n1. The van der Waals surface area contributed by atoms with Crippen LogP contribution in [0.15, 0.2) is 24.3 Å². The minimum atomic E-state index is 0.341. The molecule has 0 N–H and O–H groups in total. The summed E-state index contributed by atoms with van der Waals surface area (Å²) in [5.41, 5.74) is 4.72. The second-order valence-corrected chi connectivity index (χ2v) is 6.35. The van der Waals surface area contributed by atoms with Gasteiger partial charge in [0, 0.05) is 30.5 Å². The highest BCUT2D eigenvalue weighted by atomic mass is 35.5. The number of benzene rings is 1. The number of aromatic nitrogens is 2. The van der Waals surface area contributed by atoms with Gasteiger partial charge in [-0.3, -0.25) is 0 Å². The molecular weight excluding hydrogens is 282 g/mol. The molecule has 1 aliphatic rings. The Balaban J connectivity index is 2.05. The molecule has 0 fully saturated rings. The van der Waals surface area contributed by atoms with E-state index in [9.17, 15) is 0 Å². The second kappa shape index (κ2) is 5.64. The molecule has 2 aromatic rings. The molecule has 0 bridgehead atoms. The Hall–Kier alpha value is -1.61. The average Bonchev–Trinajstić information content (AvgIpc) is 2.46. The van der Waals surface area contributed by atoms with Crippen LogP contribution in [0.1, 0.15) is 37.4 Å². The first-order valence-corrected chi connectivity index (χ1v) is 7.81. The van der Waals surface area contributed by atoms with Crippen LogP contribution in [0, 0.1) is 0 Å². The standard InChI is InChI=1S/C17H20ClN3/c1-11(2)14-10-16(18)20-17(19-14)13-6-7-15-12(9-13)5-4-8-21(15)3/h6-7,9-11H,4-5,8H2,1-3H3. The Morgan fingerprint density at radius 3 is 2.76 bits per heavy atom. The van der Waals surface area contributed by atoms with Crippen LogP contribution in [-0.4, -0.2) is 23.6 Å². The molecule has 0 amide bonds. The Kier molecular flexibility index (Phi) is 3.85. The minimum absolute atomic E-state index is 0.341. The van der Waals surface area contributed by atoms with Crippen molar-refractivity contribution in [1.82, 2.24) is 9.97 Å². The number of halogens is 1. The summed E-state index contributed by atoms with van der Waals surface area (Å²) in [5.74, 6) is 1.07. The predicted octanol–water partition coefficient (Wildman–Crippen LogP) is 4.30. The van der Waals surface area contributed by atoms with E-state index in [2.05, 4.69) is 54.0 Å². The van der Waals surface area contributed by atoms with Gasteiger partial charge in [0.05, 0.1) is 0 Å². The molecule has 1 aromatic heterocycles. The molecule has 0 saturated heterocycles. The third-order valence-corrected chi connectivity index (χ3v) is 4.19. The van der Waals surface area contributed by atoms with Crippen molar-refractivity contribution in [1.29, 1.82) is 0 Å². The van der Waals surface area contributed by atoms with E-state index in [-0.39, 0.29) is 0 Å². The minimum Gasteiger partial charge on any atom is -0.374 e. The molecule has 0 unspecified atom stereocenters. The number of hydrogen-bond donors (Lipinski definition) is 0. The summed E-state index contributed by atoms with van der Waals surface area (Å²) < 4.78 is 0. The molecule has 110 valence electrons. The van der Waals surface area contributed by atoms with Crippen LogP contribution in [0.2, 0.25) is 5.15 Å². The summed E-state index contributed by atoms with van der Waals surface area (Å²) in [6.07, 6.45) is 2.31. The summed E-state index contributed by atoms with van der Waals surface area (Å²) in [6, 6.07) is 8.32. The highest BCUT2D eigenvalue weighted by Gasteiger charge is 2.15. The van der Waals surface area contributed by atoms with E-state index < -0.39 is 0 Å². The number of fused-ring (bicyclic) bond motifs is 1. The average molecular weight is 302 g/mol. The van der Waals surface area contributed by atoms with Crippen molar-refractivity contribution < 1.29 is 0 Å². The van der Waals surface area contributed by atoms with Gasteiger partial charge in [0.1, 0.15) is 5.15 Å². The Morgan fingerprint density at radius 1 is 1.19 bits per heavy atom. The Bertz CT molecular complexity index is 667. The molecule has 4 heteroatoms. The summed E-state index contributed by atoms with van der Waals surface area (Å²) in [4.78, 5) is 11.4. The van der Waals surface area contributed by atoms with Crippen LogP contribution >= 0.6 is 11.6 Å². The van der Waals surface area contributed by atoms with Gasteiger partial charge in [0.25, 0.3) is 0 Å². The van der Waals surface area contributed by atoms with E-state index in [0.717, 1.165) is 30.0 Å². The van der Waals surface area contributed by atoms with Crippen molar-refractivity contribution >= 4 is 17.3 Å². The van der Waals surface area contributed by atoms with Crippen LogP contribution in [0.25, 0.3) is 11.4 Å². The van der Waals surface area contributed by atoms with Gasteiger partial charge < -0.3 is 4.90 Å². The third-order valence-electron chi connectivity index (χ3n) is 3.99. The van der Waals surface area contributed by atoms with E-state index in [1.165, 1.54) is 17.7 Å². The summed E-state index contributed by atoms with van der Waals surface area (Å²) >= 11 is 6.15. The zero-order chi connectivity index (χ0) is 15.0. The highest BCUT2D eigenvalue weighted by molar-refractivity contribution is 6.29. The van der Waals surface area contributed by atoms with E-state index in [4.69, 9.17) is 11.6 Å². The summed E-state index contributed by atoms with van der Waals surface area (Å²) in [6.45, 7) is 5.35. The molecule has 3 nitrogen and oxygen atoms in total. The maximum absolute atomic E-state index is 6.15. The van der Waals surface area contributed by atoms with Crippen LogP contribution in [0.3, 0.4) is 0 Å². The van der Waals surface area contributed by atoms with Crippen molar-refractivity contribution in [2.24, 2.45) is 0 Å². The lowest BCUT2D eigenvalue weighted by molar-refractivity contribution is 0.744. The first-order chi connectivity index (χ1) is 10.0. The molecule has 0 radical (unpaired) electrons. The van der Waals surface area contributed by atoms with Crippen molar-refractivity contribution in [3.63, 3.8) is 0 Å². The fourth-order valence-electron chi connectivity index (χ4n) is 2.78. The zero-order valence-electron chi connectivity index (χ0n) is 12.7. The summed E-state index contributed by atoms with van der Waals surface area (Å²) in [5, 5.41) is 0.513. The lowest BCUT2D eigenvalue weighted by Crippen LogP contribution is -2.24. The van der Waals surface area contributed by atoms with Gasteiger partial charge in [-0.05, 0) is 48.6 Å². The van der Waals surface area contributed by atoms with E-state index in [1.54, 1.807) is 0 Å². The normalized spacial score (nSPS) is 14.4. The largest absolute Gasteiger partial charge is 0.374 e. The van der Waals surface area contributed by atoms with Crippen LogP contribution < -0.4 is 4.90 Å². The van der Waals surface area contributed by atoms with Gasteiger partial charge in [-0.25, -0.2) is 9.97 Å². The van der Waals surface area contributed by atoms with Gasteiger partial charge in [-0.2, -0.15) is 0 Å². The molecule has 0 atom stereocenters. The number of hydrogen-bond acceptors (Lipinski definition) is 3. The highest BCUT2D eigenvalue weighted by Crippen LogP contribution is 2.30. The first-order valence-electron chi connectivity index (χ1n) is 7.43. The quantitative estimate of drug-likeness (QED) is 0.774. The van der Waals surface area contributed by atoms with E-state index >= 15 is 0 Å². The van der Waals surface area contributed by atoms with Gasteiger partial charge in [0.15, 0.2) is 5.82 Å². The molecule has 0 saturated carbocycles. The fraction of sp³-hybridized carbons (Fsp3) is 0.412. The lowest BCUT2D eigenvalue weighted by atomic mass is 9.99. The Labute approximate surface area is 131 Å². The number of aryl methyl sites for hydroxylation is 1. The Morgan fingerprint density at radius 2 is 2.00 bits per heavy atom. The van der Waals surface area contributed by atoms with Crippen molar-refractivity contribution in [3.05, 3.63) is 40.7 Å². The molecule has 1 aromatic carbocycles. The lowest BCUT2D eigenvalue weighted by Gasteiger charge is -2.27. The first kappa shape index (κ1) is 14.3. The second-order valence-electron chi connectivity index (χ2n) is 5.96. The molecule has 0 aliphatic carbocycles. The maximum Gasteiger partial charge on any atom is 0.161 e. The smallest absolute Gasteiger partial charge is 0.161 e. The molecule has 21 heavy (non-hydrogen) atoms. The zero-order valence-corrected chi connectivity index (χ0v) is 13.5. The number of anilines is 1. The summed E-state index contributed by atoms with van der Waals surface area (Å²) in [7, 11) is 2.14. The van der Waals surface area contributed by atoms with Crippen molar-refractivity contribution in [2.45, 2.75) is 32.6 Å². The molecule has 0 spiro atoms. The number of rotatable bonds is 2. The van der Waals surface area contributed by atoms with E-state index in [1.807, 2.05) is 6.07 Å². The predicted molar refractivity (Wildman–Crippen MR) is 88.2 cm³/mol. The third kappa shape index (κ3) is 2.88. The molecular formula is C17H20ClN3. The van der Waals surface area contributed by atoms with Crippen molar-refractivity contribution in [2.75, 3.05) is 18.5 Å². The maximum atomic E-state index is 6.15. The van der Waals surface area contributed by atoms with Crippen LogP contribution in [0.5, 0.6) is 0 Å². The van der Waals surface area contributed by atoms with Crippen LogP contribution in [-0.2, 0) is 6.42 Å². The van der Waals surface area contributed by atoms with Gasteiger partial charge in [0.2, 0.25) is 0 Å². The van der Waals surface area contributed by atoms with Crippen molar-refractivity contribution in [3.8, 4) is 11.4 Å². The molecule has 2 heterocycles. The van der Waals surface area contributed by atoms with Gasteiger partial charge in [-0.15, -0.1) is 0 Å². The molecule has 3 rings (SSSR count). The van der Waals surface area contributed by atoms with E-state index in [0.29, 0.717) is 11.1 Å². The van der Waals surface area contributed by atoms with Crippen LogP contribution in [0.4, 0.5) is 5.69 Å². The molecule has 1 aliphatic heterocycles. The monoisotopic (exact) mass is 301 g/mol. The van der Waals surface area contributed by atoms with Gasteiger partial charge in [-0.1, -0.05) is 25.4 Å². The van der Waals surface area contributed by atoms with Gasteiger partial charge >= 0.3 is 0 Å². The topological polar surface area (TPSA) is 29.0 Å². The number of nitrogens with zero attached hydrogens (tertiary/aromatic N) is 3. The fourth-order valence-corrected chi connectivity index (χ4v) is 2.98.